The van der Waals surface area contributed by atoms with Crippen molar-refractivity contribution < 1.29 is 32.3 Å². The van der Waals surface area contributed by atoms with Crippen LogP contribution in [0.4, 0.5) is 18.9 Å². The fourth-order valence-electron chi connectivity index (χ4n) is 7.59. The first-order valence-electron chi connectivity index (χ1n) is 17.6. The molecule has 0 radical (unpaired) electrons. The van der Waals surface area contributed by atoms with Crippen LogP contribution in [0, 0.1) is 17.7 Å². The van der Waals surface area contributed by atoms with Gasteiger partial charge in [-0.25, -0.2) is 4.39 Å². The first-order chi connectivity index (χ1) is 22.9. The van der Waals surface area contributed by atoms with Crippen LogP contribution >= 0.6 is 11.8 Å². The number of nitrogens with zero attached hydrogens (tertiary/aromatic N) is 2. The first kappa shape index (κ1) is 36.5. The van der Waals surface area contributed by atoms with Crippen molar-refractivity contribution in [3.05, 3.63) is 29.6 Å². The van der Waals surface area contributed by atoms with E-state index in [1.807, 2.05) is 7.05 Å². The van der Waals surface area contributed by atoms with E-state index >= 15 is 13.2 Å². The average molecular weight is 694 g/mol. The number of carbonyl (C=O) groups excluding carboxylic acids is 4. The molecule has 13 heteroatoms. The molecule has 4 atom stereocenters. The second-order valence-corrected chi connectivity index (χ2v) is 15.4. The highest BCUT2D eigenvalue weighted by atomic mass is 32.2. The number of benzene rings is 1. The molecule has 0 bridgehead atoms. The number of piperazine rings is 1. The quantitative estimate of drug-likeness (QED) is 0.273. The Morgan fingerprint density at radius 1 is 0.979 bits per heavy atom. The zero-order valence-corrected chi connectivity index (χ0v) is 29.1. The van der Waals surface area contributed by atoms with Crippen molar-refractivity contribution >= 4 is 41.1 Å². The van der Waals surface area contributed by atoms with Crippen LogP contribution in [0.3, 0.4) is 0 Å². The van der Waals surface area contributed by atoms with E-state index in [4.69, 9.17) is 0 Å². The van der Waals surface area contributed by atoms with Gasteiger partial charge < -0.3 is 25.8 Å². The molecule has 1 aromatic carbocycles. The molecule has 2 saturated carbocycles. The third-order valence-corrected chi connectivity index (χ3v) is 12.5. The summed E-state index contributed by atoms with van der Waals surface area (Å²) in [5, 5.41) is 7.22. The number of amides is 4. The van der Waals surface area contributed by atoms with Crippen LogP contribution in [-0.2, 0) is 19.2 Å². The Balaban J connectivity index is 1.30. The topological polar surface area (TPSA) is 111 Å². The normalized spacial score (nSPS) is 25.5. The number of hydrogen-bond donors (Lipinski definition) is 3. The van der Waals surface area contributed by atoms with Crippen LogP contribution in [0.1, 0.15) is 96.0 Å². The van der Waals surface area contributed by atoms with Crippen molar-refractivity contribution in [2.75, 3.05) is 38.5 Å². The van der Waals surface area contributed by atoms with E-state index in [2.05, 4.69) is 20.9 Å². The fourth-order valence-corrected chi connectivity index (χ4v) is 9.02. The fraction of sp³-hybridized carbons (Fsp3) is 0.714. The molecule has 2 heterocycles. The van der Waals surface area contributed by atoms with Crippen LogP contribution < -0.4 is 16.0 Å². The molecule has 1 unspecified atom stereocenters. The second-order valence-electron chi connectivity index (χ2n) is 14.1. The van der Waals surface area contributed by atoms with Crippen LogP contribution in [0.5, 0.6) is 0 Å². The molecule has 1 aromatic rings. The molecular weight excluding hydrogens is 643 g/mol. The summed E-state index contributed by atoms with van der Waals surface area (Å²) in [6.07, 6.45) is 7.26. The smallest absolute Gasteiger partial charge is 0.327 e. The summed E-state index contributed by atoms with van der Waals surface area (Å²) < 4.78 is 44.9. The van der Waals surface area contributed by atoms with Crippen molar-refractivity contribution in [1.82, 2.24) is 20.4 Å². The summed E-state index contributed by atoms with van der Waals surface area (Å²) in [6.45, 7) is 5.94. The number of likely N-dealkylation sites (N-methyl/N-ethyl adjacent to an activating group) is 1. The van der Waals surface area contributed by atoms with E-state index in [0.717, 1.165) is 38.5 Å². The van der Waals surface area contributed by atoms with Gasteiger partial charge in [-0.15, -0.1) is 11.8 Å². The summed E-state index contributed by atoms with van der Waals surface area (Å²) in [7, 11) is 1.98. The molecule has 3 N–H and O–H groups in total. The lowest BCUT2D eigenvalue weighted by Gasteiger charge is -2.36. The lowest BCUT2D eigenvalue weighted by molar-refractivity contribution is -0.156. The number of halogens is 3. The Bertz CT molecular complexity index is 1350. The monoisotopic (exact) mass is 693 g/mol. The molecule has 0 aromatic heterocycles. The van der Waals surface area contributed by atoms with E-state index in [0.29, 0.717) is 57.4 Å². The third kappa shape index (κ3) is 7.82. The Morgan fingerprint density at radius 3 is 2.21 bits per heavy atom. The van der Waals surface area contributed by atoms with Gasteiger partial charge in [-0.1, -0.05) is 58.4 Å². The minimum Gasteiger partial charge on any atom is -0.344 e. The summed E-state index contributed by atoms with van der Waals surface area (Å²) in [4.78, 5) is 56.6. The van der Waals surface area contributed by atoms with Crippen LogP contribution in [0.2, 0.25) is 0 Å². The van der Waals surface area contributed by atoms with Gasteiger partial charge in [-0.05, 0) is 56.3 Å². The van der Waals surface area contributed by atoms with Gasteiger partial charge in [0.05, 0.1) is 5.69 Å². The van der Waals surface area contributed by atoms with E-state index in [1.165, 1.54) is 23.9 Å². The molecule has 4 aliphatic rings. The summed E-state index contributed by atoms with van der Waals surface area (Å²) >= 11 is 1.17. The van der Waals surface area contributed by atoms with Gasteiger partial charge in [-0.3, -0.25) is 19.2 Å². The molecule has 0 spiro atoms. The Labute approximate surface area is 285 Å². The second kappa shape index (κ2) is 15.4. The molecule has 9 nitrogen and oxygen atoms in total. The SMILES string of the molecule is CCC(=O)N[C@@H](C(=O)N1CCN(C)CC1)[C@@H](C)c1ccc(NC(=O)[C@]2(C3CCCCC3)SC2NC(=O)C(F)(F)C2CCCCC2)c(F)c1. The van der Waals surface area contributed by atoms with Gasteiger partial charge in [-0.2, -0.15) is 8.78 Å². The minimum absolute atomic E-state index is 0.0733. The van der Waals surface area contributed by atoms with Crippen molar-refractivity contribution in [1.29, 1.82) is 0 Å². The lowest BCUT2D eigenvalue weighted by atomic mass is 9.79. The van der Waals surface area contributed by atoms with E-state index in [-0.39, 0.29) is 29.8 Å². The molecule has 2 saturated heterocycles. The number of thioether (sulfide) groups is 1. The highest BCUT2D eigenvalue weighted by Crippen LogP contribution is 2.61. The van der Waals surface area contributed by atoms with Crippen LogP contribution in [0.25, 0.3) is 0 Å². The number of hydrogen-bond acceptors (Lipinski definition) is 6. The van der Waals surface area contributed by atoms with E-state index < -0.39 is 51.6 Å². The maximum Gasteiger partial charge on any atom is 0.327 e. The summed E-state index contributed by atoms with van der Waals surface area (Å²) in [5.41, 5.74) is 0.406. The number of carbonyl (C=O) groups is 4. The number of alkyl halides is 2. The van der Waals surface area contributed by atoms with Crippen LogP contribution in [0.15, 0.2) is 18.2 Å². The Kier molecular flexibility index (Phi) is 11.7. The molecule has 2 aliphatic heterocycles. The Morgan fingerprint density at radius 2 is 1.60 bits per heavy atom. The highest BCUT2D eigenvalue weighted by Gasteiger charge is 2.67. The maximum atomic E-state index is 15.7. The molecule has 2 aliphatic carbocycles. The standard InChI is InChI=1S/C35H50F3N5O4S/c1-4-28(44)40-29(30(45)43-19-17-42(3)18-20-43)22(2)23-15-16-27(26(36)21-23)39-31(46)34(24-11-7-5-8-12-24)33(48-34)41-32(47)35(37,38)25-13-9-6-10-14-25/h15-16,21-22,24-25,29,33H,4-14,17-20H2,1-3H3,(H,39,46)(H,40,44)(H,41,47)/t22-,29+,33?,34-/m0/s1. The van der Waals surface area contributed by atoms with Crippen LogP contribution in [-0.4, -0.2) is 88.7 Å². The van der Waals surface area contributed by atoms with Crippen molar-refractivity contribution in [3.8, 4) is 0 Å². The van der Waals surface area contributed by atoms with Crippen molar-refractivity contribution in [3.63, 3.8) is 0 Å². The molecule has 48 heavy (non-hydrogen) atoms. The molecule has 4 amide bonds. The average Bonchev–Trinajstić information content (AvgIpc) is 3.83. The van der Waals surface area contributed by atoms with E-state index in [1.54, 1.807) is 24.8 Å². The predicted molar refractivity (Wildman–Crippen MR) is 180 cm³/mol. The van der Waals surface area contributed by atoms with E-state index in [9.17, 15) is 19.2 Å². The zero-order valence-electron chi connectivity index (χ0n) is 28.3. The van der Waals surface area contributed by atoms with Crippen molar-refractivity contribution in [2.45, 2.75) is 112 Å². The largest absolute Gasteiger partial charge is 0.344 e. The molecule has 4 fully saturated rings. The van der Waals surface area contributed by atoms with Gasteiger partial charge in [0.25, 0.3) is 5.91 Å². The molecule has 266 valence electrons. The van der Waals surface area contributed by atoms with Gasteiger partial charge >= 0.3 is 5.92 Å². The Hall–Kier alpha value is -2.80. The highest BCUT2D eigenvalue weighted by molar-refractivity contribution is 8.09. The van der Waals surface area contributed by atoms with Gasteiger partial charge in [0, 0.05) is 44.4 Å². The molecular formula is C35H50F3N5O4S. The number of nitrogens with one attached hydrogen (secondary N) is 3. The van der Waals surface area contributed by atoms with Gasteiger partial charge in [0.2, 0.25) is 17.7 Å². The van der Waals surface area contributed by atoms with Gasteiger partial charge in [0.1, 0.15) is 22.0 Å². The molecule has 5 rings (SSSR count). The number of rotatable bonds is 11. The first-order valence-corrected chi connectivity index (χ1v) is 18.5. The number of anilines is 1. The summed E-state index contributed by atoms with van der Waals surface area (Å²) in [6, 6.07) is 3.43. The lowest BCUT2D eigenvalue weighted by Crippen LogP contribution is -2.55. The predicted octanol–water partition coefficient (Wildman–Crippen LogP) is 5.26. The zero-order chi connectivity index (χ0) is 34.6. The minimum atomic E-state index is -3.52. The van der Waals surface area contributed by atoms with Crippen molar-refractivity contribution in [2.24, 2.45) is 11.8 Å². The third-order valence-electron chi connectivity index (χ3n) is 10.9. The summed E-state index contributed by atoms with van der Waals surface area (Å²) in [5.74, 6) is -8.30. The van der Waals surface area contributed by atoms with Gasteiger partial charge in [0.15, 0.2) is 0 Å². The maximum absolute atomic E-state index is 15.7.